The molecule has 0 spiro atoms. The first kappa shape index (κ1) is 25.6. The molecule has 8 nitrogen and oxygen atoms in total. The van der Waals surface area contributed by atoms with E-state index >= 15 is 0 Å². The first-order valence-electron chi connectivity index (χ1n) is 11.4. The highest BCUT2D eigenvalue weighted by molar-refractivity contribution is 9.10. The lowest BCUT2D eigenvalue weighted by Gasteiger charge is -2.26. The maximum absolute atomic E-state index is 13.0. The second-order valence-corrected chi connectivity index (χ2v) is 11.4. The van der Waals surface area contributed by atoms with E-state index in [1.54, 1.807) is 18.2 Å². The molecule has 2 saturated heterocycles. The Morgan fingerprint density at radius 1 is 1.09 bits per heavy atom. The number of carbonyl (C=O) groups is 2. The molecule has 2 fully saturated rings. The van der Waals surface area contributed by atoms with E-state index in [1.165, 1.54) is 40.6 Å². The number of piperidine rings is 1. The molecule has 186 valence electrons. The molecule has 2 aromatic rings. The highest BCUT2D eigenvalue weighted by atomic mass is 79.9. The molecule has 10 heteroatoms. The van der Waals surface area contributed by atoms with Gasteiger partial charge in [0.2, 0.25) is 10.0 Å². The minimum atomic E-state index is -3.63. The highest BCUT2D eigenvalue weighted by Gasteiger charge is 2.46. The van der Waals surface area contributed by atoms with E-state index in [2.05, 4.69) is 15.9 Å². The van der Waals surface area contributed by atoms with Crippen molar-refractivity contribution in [2.45, 2.75) is 30.2 Å². The molecule has 1 atom stereocenters. The summed E-state index contributed by atoms with van der Waals surface area (Å²) in [5.41, 5.74) is 0.865. The number of ketones is 1. The summed E-state index contributed by atoms with van der Waals surface area (Å²) >= 11 is 3.42. The van der Waals surface area contributed by atoms with E-state index in [4.69, 9.17) is 4.74 Å². The van der Waals surface area contributed by atoms with Crippen LogP contribution in [-0.2, 0) is 24.3 Å². The van der Waals surface area contributed by atoms with Crippen LogP contribution in [0.3, 0.4) is 0 Å². The quantitative estimate of drug-likeness (QED) is 0.313. The number of sulfonamides is 1. The molecule has 2 aromatic carbocycles. The van der Waals surface area contributed by atoms with Crippen molar-refractivity contribution in [2.24, 2.45) is 0 Å². The zero-order valence-corrected chi connectivity index (χ0v) is 21.7. The zero-order valence-electron chi connectivity index (χ0n) is 19.3. The second-order valence-electron chi connectivity index (χ2n) is 8.53. The summed E-state index contributed by atoms with van der Waals surface area (Å²) in [6, 6.07) is 12.2. The third-order valence-electron chi connectivity index (χ3n) is 6.32. The smallest absolute Gasteiger partial charge is 0.295 e. The topological polar surface area (TPSA) is 104 Å². The predicted molar refractivity (Wildman–Crippen MR) is 134 cm³/mol. The molecular formula is C25H27BrN2O6S. The van der Waals surface area contributed by atoms with Crippen LogP contribution >= 0.6 is 15.9 Å². The molecule has 35 heavy (non-hydrogen) atoms. The standard InChI is InChI=1S/C25H27BrN2O6S/c1-34-15-14-28-22(18-6-5-7-19(26)16-18)21(24(30)25(28)31)23(29)17-8-10-20(11-9-17)35(32,33)27-12-3-2-4-13-27/h5-11,16,22,29H,2-4,12-15H2,1H3. The van der Waals surface area contributed by atoms with Crippen molar-refractivity contribution < 1.29 is 27.9 Å². The Balaban J connectivity index is 1.74. The molecule has 4 rings (SSSR count). The van der Waals surface area contributed by atoms with Gasteiger partial charge in [-0.3, -0.25) is 9.59 Å². The number of amides is 1. The first-order chi connectivity index (χ1) is 16.8. The largest absolute Gasteiger partial charge is 0.507 e. The van der Waals surface area contributed by atoms with E-state index < -0.39 is 27.8 Å². The molecule has 0 bridgehead atoms. The fraction of sp³-hybridized carbons (Fsp3) is 0.360. The number of hydrogen-bond donors (Lipinski definition) is 1. The Morgan fingerprint density at radius 3 is 2.40 bits per heavy atom. The maximum atomic E-state index is 13.0. The van der Waals surface area contributed by atoms with Crippen LogP contribution in [-0.4, -0.2) is 67.8 Å². The monoisotopic (exact) mass is 562 g/mol. The van der Waals surface area contributed by atoms with Gasteiger partial charge in [-0.15, -0.1) is 0 Å². The van der Waals surface area contributed by atoms with Gasteiger partial charge in [-0.25, -0.2) is 8.42 Å². The molecular weight excluding hydrogens is 536 g/mol. The molecule has 1 unspecified atom stereocenters. The molecule has 2 aliphatic rings. The van der Waals surface area contributed by atoms with Gasteiger partial charge in [0.1, 0.15) is 5.76 Å². The fourth-order valence-electron chi connectivity index (χ4n) is 4.52. The van der Waals surface area contributed by atoms with Crippen LogP contribution in [0.4, 0.5) is 0 Å². The number of rotatable bonds is 7. The van der Waals surface area contributed by atoms with Gasteiger partial charge in [0, 0.05) is 36.8 Å². The summed E-state index contributed by atoms with van der Waals surface area (Å²) in [5.74, 6) is -1.87. The average molecular weight is 563 g/mol. The summed E-state index contributed by atoms with van der Waals surface area (Å²) in [6.07, 6.45) is 2.67. The van der Waals surface area contributed by atoms with Crippen molar-refractivity contribution in [3.8, 4) is 0 Å². The lowest BCUT2D eigenvalue weighted by molar-refractivity contribution is -0.140. The number of benzene rings is 2. The average Bonchev–Trinajstić information content (AvgIpc) is 3.12. The number of hydrogen-bond acceptors (Lipinski definition) is 6. The SMILES string of the molecule is COCCN1C(=O)C(=O)C(=C(O)c2ccc(S(=O)(=O)N3CCCCC3)cc2)C1c1cccc(Br)c1. The fourth-order valence-corrected chi connectivity index (χ4v) is 6.45. The van der Waals surface area contributed by atoms with Crippen LogP contribution in [0.5, 0.6) is 0 Å². The third-order valence-corrected chi connectivity index (χ3v) is 8.73. The van der Waals surface area contributed by atoms with Gasteiger partial charge >= 0.3 is 0 Å². The molecule has 1 N–H and O–H groups in total. The number of ether oxygens (including phenoxy) is 1. The van der Waals surface area contributed by atoms with E-state index in [1.807, 2.05) is 6.07 Å². The molecule has 0 aromatic heterocycles. The molecule has 1 amide bonds. The van der Waals surface area contributed by atoms with Gasteiger partial charge in [0.15, 0.2) is 0 Å². The summed E-state index contributed by atoms with van der Waals surface area (Å²) < 4.78 is 33.3. The highest BCUT2D eigenvalue weighted by Crippen LogP contribution is 2.40. The number of aliphatic hydroxyl groups excluding tert-OH is 1. The summed E-state index contributed by atoms with van der Waals surface area (Å²) in [7, 11) is -2.13. The van der Waals surface area contributed by atoms with Crippen LogP contribution in [0.25, 0.3) is 5.76 Å². The molecule has 0 aliphatic carbocycles. The van der Waals surface area contributed by atoms with Gasteiger partial charge in [0.25, 0.3) is 11.7 Å². The number of carbonyl (C=O) groups excluding carboxylic acids is 2. The lowest BCUT2D eigenvalue weighted by atomic mass is 9.95. The van der Waals surface area contributed by atoms with Gasteiger partial charge < -0.3 is 14.7 Å². The Kier molecular flexibility index (Phi) is 7.75. The Labute approximate surface area is 213 Å². The molecule has 2 heterocycles. The molecule has 0 radical (unpaired) electrons. The van der Waals surface area contributed by atoms with E-state index in [0.29, 0.717) is 18.7 Å². The van der Waals surface area contributed by atoms with Gasteiger partial charge in [-0.2, -0.15) is 4.31 Å². The first-order valence-corrected chi connectivity index (χ1v) is 13.6. The van der Waals surface area contributed by atoms with Gasteiger partial charge in [-0.1, -0.05) is 34.5 Å². The van der Waals surface area contributed by atoms with Crippen LogP contribution in [0.1, 0.15) is 36.4 Å². The van der Waals surface area contributed by atoms with Crippen LogP contribution in [0.2, 0.25) is 0 Å². The normalized spacial score (nSPS) is 21.0. The Morgan fingerprint density at radius 2 is 1.77 bits per heavy atom. The Hall–Kier alpha value is -2.53. The van der Waals surface area contributed by atoms with E-state index in [-0.39, 0.29) is 34.9 Å². The Bertz CT molecular complexity index is 1250. The van der Waals surface area contributed by atoms with E-state index in [0.717, 1.165) is 23.7 Å². The third kappa shape index (κ3) is 5.06. The number of aliphatic hydroxyl groups is 1. The molecule has 2 aliphatic heterocycles. The van der Waals surface area contributed by atoms with Crippen molar-refractivity contribution in [2.75, 3.05) is 33.4 Å². The van der Waals surface area contributed by atoms with Gasteiger partial charge in [-0.05, 0) is 54.8 Å². The van der Waals surface area contributed by atoms with Gasteiger partial charge in [0.05, 0.1) is 23.1 Å². The summed E-state index contributed by atoms with van der Waals surface area (Å²) in [6.45, 7) is 1.37. The van der Waals surface area contributed by atoms with Crippen LogP contribution in [0, 0.1) is 0 Å². The minimum Gasteiger partial charge on any atom is -0.507 e. The van der Waals surface area contributed by atoms with Crippen LogP contribution in [0.15, 0.2) is 63.5 Å². The minimum absolute atomic E-state index is 0.0455. The van der Waals surface area contributed by atoms with Crippen molar-refractivity contribution in [1.29, 1.82) is 0 Å². The van der Waals surface area contributed by atoms with Crippen molar-refractivity contribution in [3.63, 3.8) is 0 Å². The van der Waals surface area contributed by atoms with Crippen LogP contribution < -0.4 is 0 Å². The number of likely N-dealkylation sites (tertiary alicyclic amines) is 1. The number of halogens is 1. The van der Waals surface area contributed by atoms with Crippen molar-refractivity contribution >= 4 is 43.4 Å². The number of nitrogens with zero attached hydrogens (tertiary/aromatic N) is 2. The lowest BCUT2D eigenvalue weighted by Crippen LogP contribution is -2.35. The van der Waals surface area contributed by atoms with Crippen molar-refractivity contribution in [1.82, 2.24) is 9.21 Å². The van der Waals surface area contributed by atoms with Crippen molar-refractivity contribution in [3.05, 3.63) is 69.7 Å². The number of methoxy groups -OCH3 is 1. The summed E-state index contributed by atoms with van der Waals surface area (Å²) in [4.78, 5) is 27.4. The number of Topliss-reactive ketones (excluding diaryl/α,β-unsaturated/α-hetero) is 1. The predicted octanol–water partition coefficient (Wildman–Crippen LogP) is 3.69. The summed E-state index contributed by atoms with van der Waals surface area (Å²) in [5, 5.41) is 11.2. The maximum Gasteiger partial charge on any atom is 0.295 e. The molecule has 0 saturated carbocycles. The second kappa shape index (κ2) is 10.6. The van der Waals surface area contributed by atoms with E-state index in [9.17, 15) is 23.1 Å². The zero-order chi connectivity index (χ0) is 25.2.